The highest BCUT2D eigenvalue weighted by Gasteiger charge is 2.18. The highest BCUT2D eigenvalue weighted by Crippen LogP contribution is 2.25. The predicted molar refractivity (Wildman–Crippen MR) is 98.8 cm³/mol. The van der Waals surface area contributed by atoms with Crippen molar-refractivity contribution >= 4 is 0 Å². The van der Waals surface area contributed by atoms with Crippen molar-refractivity contribution in [1.82, 2.24) is 10.2 Å². The van der Waals surface area contributed by atoms with Gasteiger partial charge in [0.2, 0.25) is 0 Å². The van der Waals surface area contributed by atoms with Crippen molar-refractivity contribution in [3.63, 3.8) is 0 Å². The Morgan fingerprint density at radius 1 is 1.08 bits per heavy atom. The Balaban J connectivity index is 1.23. The number of ether oxygens (including phenoxy) is 1. The van der Waals surface area contributed by atoms with Gasteiger partial charge >= 0.3 is 0 Å². The molecule has 1 unspecified atom stereocenters. The van der Waals surface area contributed by atoms with E-state index in [-0.39, 0.29) is 6.10 Å². The summed E-state index contributed by atoms with van der Waals surface area (Å²) in [5.74, 6) is 1.02. The SMILES string of the molecule is OC(CNCc1ccc2c(c1)CCO2)CN1CCc2ccccc2C1. The summed E-state index contributed by atoms with van der Waals surface area (Å²) in [6.07, 6.45) is 1.73. The molecule has 0 amide bonds. The van der Waals surface area contributed by atoms with E-state index < -0.39 is 0 Å². The van der Waals surface area contributed by atoms with Gasteiger partial charge in [-0.05, 0) is 34.7 Å². The summed E-state index contributed by atoms with van der Waals surface area (Å²) in [5.41, 5.74) is 5.40. The average molecular weight is 338 g/mol. The third kappa shape index (κ3) is 4.03. The van der Waals surface area contributed by atoms with E-state index in [1.807, 2.05) is 0 Å². The highest BCUT2D eigenvalue weighted by molar-refractivity contribution is 5.39. The molecule has 4 rings (SSSR count). The first kappa shape index (κ1) is 16.6. The van der Waals surface area contributed by atoms with Crippen molar-refractivity contribution < 1.29 is 9.84 Å². The number of rotatable bonds is 6. The summed E-state index contributed by atoms with van der Waals surface area (Å²) in [5, 5.41) is 13.7. The molecule has 2 aromatic rings. The van der Waals surface area contributed by atoms with E-state index in [1.165, 1.54) is 22.3 Å². The standard InChI is InChI=1S/C21H26N2O2/c24-20(15-23-9-7-17-3-1-2-4-19(17)14-23)13-22-12-16-5-6-21-18(11-16)8-10-25-21/h1-6,11,20,22,24H,7-10,12-15H2. The van der Waals surface area contributed by atoms with Crippen molar-refractivity contribution in [2.75, 3.05) is 26.2 Å². The Bertz CT molecular complexity index is 732. The quantitative estimate of drug-likeness (QED) is 0.847. The Hall–Kier alpha value is -1.88. The molecule has 132 valence electrons. The maximum atomic E-state index is 10.4. The summed E-state index contributed by atoms with van der Waals surface area (Å²) in [7, 11) is 0. The Kier molecular flexibility index (Phi) is 5.02. The average Bonchev–Trinajstić information content (AvgIpc) is 3.09. The lowest BCUT2D eigenvalue weighted by Gasteiger charge is -2.30. The highest BCUT2D eigenvalue weighted by atomic mass is 16.5. The van der Waals surface area contributed by atoms with E-state index in [0.29, 0.717) is 6.54 Å². The van der Waals surface area contributed by atoms with Gasteiger partial charge < -0.3 is 15.2 Å². The van der Waals surface area contributed by atoms with Crippen LogP contribution in [0.4, 0.5) is 0 Å². The number of hydrogen-bond acceptors (Lipinski definition) is 4. The lowest BCUT2D eigenvalue weighted by atomic mass is 10.00. The lowest BCUT2D eigenvalue weighted by Crippen LogP contribution is -2.40. The van der Waals surface area contributed by atoms with Crippen LogP contribution in [0.2, 0.25) is 0 Å². The second-order valence-electron chi connectivity index (χ2n) is 7.08. The van der Waals surface area contributed by atoms with Gasteiger partial charge in [0.25, 0.3) is 0 Å². The third-order valence-corrected chi connectivity index (χ3v) is 5.14. The minimum atomic E-state index is -0.344. The first-order valence-corrected chi connectivity index (χ1v) is 9.20. The molecule has 4 nitrogen and oxygen atoms in total. The normalized spacial score (nSPS) is 17.6. The zero-order chi connectivity index (χ0) is 17.1. The fourth-order valence-electron chi connectivity index (χ4n) is 3.81. The topological polar surface area (TPSA) is 44.7 Å². The molecule has 0 radical (unpaired) electrons. The lowest BCUT2D eigenvalue weighted by molar-refractivity contribution is 0.104. The summed E-state index contributed by atoms with van der Waals surface area (Å²) in [6, 6.07) is 15.0. The summed E-state index contributed by atoms with van der Waals surface area (Å²) >= 11 is 0. The molecule has 25 heavy (non-hydrogen) atoms. The fraction of sp³-hybridized carbons (Fsp3) is 0.429. The maximum Gasteiger partial charge on any atom is 0.122 e. The number of aliphatic hydroxyl groups is 1. The number of fused-ring (bicyclic) bond motifs is 2. The van der Waals surface area contributed by atoms with Gasteiger partial charge in [0.1, 0.15) is 5.75 Å². The number of aliphatic hydroxyl groups excluding tert-OH is 1. The molecule has 0 bridgehead atoms. The van der Waals surface area contributed by atoms with E-state index in [0.717, 1.165) is 51.4 Å². The monoisotopic (exact) mass is 338 g/mol. The van der Waals surface area contributed by atoms with E-state index >= 15 is 0 Å². The van der Waals surface area contributed by atoms with Crippen molar-refractivity contribution in [1.29, 1.82) is 0 Å². The van der Waals surface area contributed by atoms with Gasteiger partial charge in [-0.3, -0.25) is 4.90 Å². The minimum Gasteiger partial charge on any atom is -0.493 e. The van der Waals surface area contributed by atoms with Crippen LogP contribution in [0.3, 0.4) is 0 Å². The van der Waals surface area contributed by atoms with Gasteiger partial charge in [-0.2, -0.15) is 0 Å². The maximum absolute atomic E-state index is 10.4. The van der Waals surface area contributed by atoms with Crippen LogP contribution in [0.15, 0.2) is 42.5 Å². The molecule has 4 heteroatoms. The van der Waals surface area contributed by atoms with Crippen LogP contribution in [-0.2, 0) is 25.9 Å². The number of nitrogens with zero attached hydrogens (tertiary/aromatic N) is 1. The number of benzene rings is 2. The van der Waals surface area contributed by atoms with E-state index in [1.54, 1.807) is 0 Å². The van der Waals surface area contributed by atoms with E-state index in [9.17, 15) is 5.11 Å². The molecule has 0 saturated carbocycles. The Morgan fingerprint density at radius 3 is 2.88 bits per heavy atom. The van der Waals surface area contributed by atoms with Crippen LogP contribution in [0, 0.1) is 0 Å². The zero-order valence-corrected chi connectivity index (χ0v) is 14.6. The van der Waals surface area contributed by atoms with Crippen LogP contribution < -0.4 is 10.1 Å². The zero-order valence-electron chi connectivity index (χ0n) is 14.6. The van der Waals surface area contributed by atoms with Crippen LogP contribution >= 0.6 is 0 Å². The van der Waals surface area contributed by atoms with Gasteiger partial charge in [-0.25, -0.2) is 0 Å². The molecule has 2 N–H and O–H groups in total. The van der Waals surface area contributed by atoms with Crippen molar-refractivity contribution in [3.8, 4) is 5.75 Å². The second kappa shape index (κ2) is 7.56. The summed E-state index contributed by atoms with van der Waals surface area (Å²) < 4.78 is 5.54. The second-order valence-corrected chi connectivity index (χ2v) is 7.08. The molecule has 2 aromatic carbocycles. The fourth-order valence-corrected chi connectivity index (χ4v) is 3.81. The van der Waals surface area contributed by atoms with Gasteiger partial charge in [-0.1, -0.05) is 36.4 Å². The molecule has 2 aliphatic heterocycles. The van der Waals surface area contributed by atoms with Crippen molar-refractivity contribution in [2.24, 2.45) is 0 Å². The van der Waals surface area contributed by atoms with Crippen LogP contribution in [0.25, 0.3) is 0 Å². The first-order chi connectivity index (χ1) is 12.3. The predicted octanol–water partition coefficient (Wildman–Crippen LogP) is 2.13. The van der Waals surface area contributed by atoms with Crippen LogP contribution in [0.1, 0.15) is 22.3 Å². The molecule has 0 aliphatic carbocycles. The molecular formula is C21H26N2O2. The van der Waals surface area contributed by atoms with Gasteiger partial charge in [0.05, 0.1) is 12.7 Å². The molecule has 1 atom stereocenters. The number of β-amino-alcohol motifs (C(OH)–C–C–N with tert-alkyl or cyclic N) is 1. The van der Waals surface area contributed by atoms with Crippen molar-refractivity contribution in [3.05, 3.63) is 64.7 Å². The Labute approximate surface area is 149 Å². The minimum absolute atomic E-state index is 0.344. The van der Waals surface area contributed by atoms with Gasteiger partial charge in [0.15, 0.2) is 0 Å². The smallest absolute Gasteiger partial charge is 0.122 e. The van der Waals surface area contributed by atoms with Gasteiger partial charge in [0, 0.05) is 39.1 Å². The molecule has 2 heterocycles. The molecule has 0 fully saturated rings. The van der Waals surface area contributed by atoms with E-state index in [4.69, 9.17) is 4.74 Å². The molecule has 0 saturated heterocycles. The van der Waals surface area contributed by atoms with Crippen LogP contribution in [-0.4, -0.2) is 42.4 Å². The first-order valence-electron chi connectivity index (χ1n) is 9.20. The van der Waals surface area contributed by atoms with E-state index in [2.05, 4.69) is 52.7 Å². The number of hydrogen-bond donors (Lipinski definition) is 2. The van der Waals surface area contributed by atoms with Crippen LogP contribution in [0.5, 0.6) is 5.75 Å². The summed E-state index contributed by atoms with van der Waals surface area (Å²) in [4.78, 5) is 2.35. The molecular weight excluding hydrogens is 312 g/mol. The molecule has 2 aliphatic rings. The molecule has 0 spiro atoms. The third-order valence-electron chi connectivity index (χ3n) is 5.14. The van der Waals surface area contributed by atoms with Gasteiger partial charge in [-0.15, -0.1) is 0 Å². The van der Waals surface area contributed by atoms with Crippen molar-refractivity contribution in [2.45, 2.75) is 32.0 Å². The number of nitrogens with one attached hydrogen (secondary N) is 1. The summed E-state index contributed by atoms with van der Waals surface area (Å²) in [6.45, 7) is 4.89. The largest absolute Gasteiger partial charge is 0.493 e. The molecule has 0 aromatic heterocycles. The Morgan fingerprint density at radius 2 is 1.96 bits per heavy atom.